The standard InChI is InChI=1S/C27H34/c1-18(2)8-6-10-20(4)27(5)17-16-25-24-13-12-21-19(3)9-7-11-22(21)23(24)14-15-26(25)27/h7,9,11-15,18,20H,6,8,10,16-17H2,1-5H3. The Morgan fingerprint density at radius 1 is 0.852 bits per heavy atom. The Morgan fingerprint density at radius 3 is 2.33 bits per heavy atom. The van der Waals surface area contributed by atoms with E-state index in [1.54, 1.807) is 11.1 Å². The van der Waals surface area contributed by atoms with Gasteiger partial charge in [-0.05, 0) is 81.7 Å². The molecule has 0 aromatic heterocycles. The van der Waals surface area contributed by atoms with Crippen LogP contribution in [0.5, 0.6) is 0 Å². The molecule has 3 aromatic carbocycles. The van der Waals surface area contributed by atoms with Crippen LogP contribution in [0, 0.1) is 18.8 Å². The number of hydrogen-bond donors (Lipinski definition) is 0. The van der Waals surface area contributed by atoms with Crippen molar-refractivity contribution in [3.8, 4) is 0 Å². The highest BCUT2D eigenvalue weighted by Gasteiger charge is 2.39. The van der Waals surface area contributed by atoms with Crippen LogP contribution < -0.4 is 0 Å². The van der Waals surface area contributed by atoms with Gasteiger partial charge in [-0.25, -0.2) is 0 Å². The minimum absolute atomic E-state index is 0.335. The topological polar surface area (TPSA) is 0 Å². The third kappa shape index (κ3) is 3.08. The van der Waals surface area contributed by atoms with Gasteiger partial charge >= 0.3 is 0 Å². The molecule has 0 N–H and O–H groups in total. The van der Waals surface area contributed by atoms with E-state index in [1.807, 2.05) is 0 Å². The van der Waals surface area contributed by atoms with Gasteiger partial charge in [0, 0.05) is 0 Å². The first-order chi connectivity index (χ1) is 12.9. The lowest BCUT2D eigenvalue weighted by atomic mass is 9.71. The van der Waals surface area contributed by atoms with Crippen LogP contribution in [0.25, 0.3) is 21.5 Å². The van der Waals surface area contributed by atoms with Gasteiger partial charge < -0.3 is 0 Å². The van der Waals surface area contributed by atoms with Gasteiger partial charge in [0.2, 0.25) is 0 Å². The molecule has 0 amide bonds. The van der Waals surface area contributed by atoms with Crippen LogP contribution in [0.3, 0.4) is 0 Å². The Morgan fingerprint density at radius 2 is 1.56 bits per heavy atom. The van der Waals surface area contributed by atoms with E-state index >= 15 is 0 Å². The second-order valence-electron chi connectivity index (χ2n) is 9.57. The molecule has 0 heteroatoms. The van der Waals surface area contributed by atoms with Crippen molar-refractivity contribution >= 4 is 21.5 Å². The molecule has 142 valence electrons. The van der Waals surface area contributed by atoms with E-state index < -0.39 is 0 Å². The van der Waals surface area contributed by atoms with E-state index in [-0.39, 0.29) is 0 Å². The SMILES string of the molecule is Cc1cccc2c1ccc1c3c(ccc12)C(C)(C(C)CCCC(C)C)CC3. The number of rotatable bonds is 5. The second-order valence-corrected chi connectivity index (χ2v) is 9.57. The smallest absolute Gasteiger partial charge is 0.00435 e. The third-order valence-electron chi connectivity index (χ3n) is 7.40. The quantitative estimate of drug-likeness (QED) is 0.406. The van der Waals surface area contributed by atoms with Gasteiger partial charge in [0.05, 0.1) is 0 Å². The lowest BCUT2D eigenvalue weighted by Gasteiger charge is -2.33. The minimum Gasteiger partial charge on any atom is -0.0628 e. The molecule has 0 fully saturated rings. The largest absolute Gasteiger partial charge is 0.0628 e. The molecule has 3 aromatic rings. The average molecular weight is 359 g/mol. The maximum Gasteiger partial charge on any atom is -0.00435 e. The highest BCUT2D eigenvalue weighted by atomic mass is 14.4. The first-order valence-electron chi connectivity index (χ1n) is 10.9. The normalized spacial score (nSPS) is 20.5. The van der Waals surface area contributed by atoms with E-state index in [4.69, 9.17) is 0 Å². The van der Waals surface area contributed by atoms with Gasteiger partial charge in [-0.3, -0.25) is 0 Å². The summed E-state index contributed by atoms with van der Waals surface area (Å²) in [7, 11) is 0. The highest BCUT2D eigenvalue weighted by molar-refractivity contribution is 6.09. The molecule has 2 unspecified atom stereocenters. The number of hydrogen-bond acceptors (Lipinski definition) is 0. The van der Waals surface area contributed by atoms with Gasteiger partial charge in [-0.1, -0.05) is 83.0 Å². The fourth-order valence-corrected chi connectivity index (χ4v) is 5.38. The maximum absolute atomic E-state index is 2.52. The first kappa shape index (κ1) is 18.5. The summed E-state index contributed by atoms with van der Waals surface area (Å²) in [5.41, 5.74) is 4.95. The van der Waals surface area contributed by atoms with Crippen molar-refractivity contribution in [3.05, 3.63) is 59.2 Å². The van der Waals surface area contributed by atoms with Gasteiger partial charge in [-0.2, -0.15) is 0 Å². The molecule has 0 nitrogen and oxygen atoms in total. The fraction of sp³-hybridized carbons (Fsp3) is 0.481. The summed E-state index contributed by atoms with van der Waals surface area (Å²) >= 11 is 0. The molecule has 0 heterocycles. The van der Waals surface area contributed by atoms with Crippen LogP contribution in [-0.2, 0) is 11.8 Å². The Hall–Kier alpha value is -1.82. The van der Waals surface area contributed by atoms with Gasteiger partial charge in [0.15, 0.2) is 0 Å². The monoisotopic (exact) mass is 358 g/mol. The molecule has 1 aliphatic carbocycles. The molecule has 4 rings (SSSR count). The van der Waals surface area contributed by atoms with Crippen molar-refractivity contribution in [1.82, 2.24) is 0 Å². The molecular weight excluding hydrogens is 324 g/mol. The summed E-state index contributed by atoms with van der Waals surface area (Å²) in [6.07, 6.45) is 6.60. The molecule has 2 atom stereocenters. The van der Waals surface area contributed by atoms with Crippen LogP contribution in [-0.4, -0.2) is 0 Å². The zero-order valence-corrected chi connectivity index (χ0v) is 17.7. The summed E-state index contributed by atoms with van der Waals surface area (Å²) in [5, 5.41) is 5.73. The van der Waals surface area contributed by atoms with Crippen molar-refractivity contribution < 1.29 is 0 Å². The fourth-order valence-electron chi connectivity index (χ4n) is 5.38. The highest BCUT2D eigenvalue weighted by Crippen LogP contribution is 2.48. The maximum atomic E-state index is 2.52. The summed E-state index contributed by atoms with van der Waals surface area (Å²) < 4.78 is 0. The van der Waals surface area contributed by atoms with Crippen LogP contribution in [0.15, 0.2) is 42.5 Å². The average Bonchev–Trinajstić information content (AvgIpc) is 3.00. The molecule has 0 bridgehead atoms. The van der Waals surface area contributed by atoms with Crippen molar-refractivity contribution in [2.24, 2.45) is 11.8 Å². The third-order valence-corrected chi connectivity index (χ3v) is 7.40. The molecule has 0 saturated carbocycles. The zero-order valence-electron chi connectivity index (χ0n) is 17.7. The summed E-state index contributed by atoms with van der Waals surface area (Å²) in [6.45, 7) is 11.9. The van der Waals surface area contributed by atoms with E-state index in [0.29, 0.717) is 5.41 Å². The Bertz CT molecular complexity index is 978. The molecule has 0 radical (unpaired) electrons. The van der Waals surface area contributed by atoms with E-state index in [9.17, 15) is 0 Å². The molecular formula is C27H34. The van der Waals surface area contributed by atoms with Crippen molar-refractivity contribution in [1.29, 1.82) is 0 Å². The first-order valence-corrected chi connectivity index (χ1v) is 10.9. The predicted molar refractivity (Wildman–Crippen MR) is 120 cm³/mol. The van der Waals surface area contributed by atoms with Crippen LogP contribution >= 0.6 is 0 Å². The number of aryl methyl sites for hydroxylation is 2. The molecule has 1 aliphatic rings. The second kappa shape index (κ2) is 6.97. The molecule has 0 aliphatic heterocycles. The molecule has 0 spiro atoms. The van der Waals surface area contributed by atoms with Gasteiger partial charge in [0.25, 0.3) is 0 Å². The van der Waals surface area contributed by atoms with E-state index in [2.05, 4.69) is 77.1 Å². The summed E-state index contributed by atoms with van der Waals surface area (Å²) in [5.74, 6) is 1.57. The van der Waals surface area contributed by atoms with Crippen molar-refractivity contribution in [3.63, 3.8) is 0 Å². The number of fused-ring (bicyclic) bond motifs is 5. The van der Waals surface area contributed by atoms with Crippen LogP contribution in [0.4, 0.5) is 0 Å². The Balaban J connectivity index is 1.75. The predicted octanol–water partition coefficient (Wildman–Crippen LogP) is 7.97. The lowest BCUT2D eigenvalue weighted by Crippen LogP contribution is -2.27. The Kier molecular flexibility index (Phi) is 4.78. The van der Waals surface area contributed by atoms with Crippen molar-refractivity contribution in [2.75, 3.05) is 0 Å². The van der Waals surface area contributed by atoms with Gasteiger partial charge in [-0.15, -0.1) is 0 Å². The molecule has 27 heavy (non-hydrogen) atoms. The van der Waals surface area contributed by atoms with E-state index in [0.717, 1.165) is 11.8 Å². The Labute approximate surface area is 165 Å². The van der Waals surface area contributed by atoms with Crippen LogP contribution in [0.2, 0.25) is 0 Å². The minimum atomic E-state index is 0.335. The zero-order chi connectivity index (χ0) is 19.2. The number of benzene rings is 3. The lowest BCUT2D eigenvalue weighted by molar-refractivity contribution is 0.283. The molecule has 0 saturated heterocycles. The summed E-state index contributed by atoms with van der Waals surface area (Å²) in [4.78, 5) is 0. The van der Waals surface area contributed by atoms with E-state index in [1.165, 1.54) is 59.2 Å². The summed E-state index contributed by atoms with van der Waals surface area (Å²) in [6, 6.07) is 16.3. The van der Waals surface area contributed by atoms with Gasteiger partial charge in [0.1, 0.15) is 0 Å². The van der Waals surface area contributed by atoms with Crippen molar-refractivity contribution in [2.45, 2.75) is 72.1 Å². The van der Waals surface area contributed by atoms with Crippen LogP contribution in [0.1, 0.15) is 70.1 Å².